The third kappa shape index (κ3) is 3.57. The van der Waals surface area contributed by atoms with Gasteiger partial charge in [0.15, 0.2) is 11.6 Å². The molecule has 0 aliphatic rings. The summed E-state index contributed by atoms with van der Waals surface area (Å²) in [4.78, 5) is 16.5. The summed E-state index contributed by atoms with van der Waals surface area (Å²) in [6.45, 7) is 0. The van der Waals surface area contributed by atoms with Crippen LogP contribution < -0.4 is 10.6 Å². The minimum absolute atomic E-state index is 0.0525. The average Bonchev–Trinajstić information content (AvgIpc) is 2.70. The van der Waals surface area contributed by atoms with E-state index in [4.69, 9.17) is 0 Å². The maximum Gasteiger partial charge on any atom is 0.259 e. The first kappa shape index (κ1) is 16.6. The number of rotatable bonds is 4. The Labute approximate surface area is 154 Å². The Kier molecular flexibility index (Phi) is 4.40. The van der Waals surface area contributed by atoms with Crippen LogP contribution in [0.3, 0.4) is 0 Å². The second-order valence-corrected chi connectivity index (χ2v) is 5.74. The number of hydrogen-bond donors (Lipinski definition) is 2. The van der Waals surface area contributed by atoms with Crippen LogP contribution in [-0.2, 0) is 0 Å². The Morgan fingerprint density at radius 3 is 2.44 bits per heavy atom. The Balaban J connectivity index is 1.51. The molecule has 0 spiro atoms. The fourth-order valence-corrected chi connectivity index (χ4v) is 2.64. The number of nitrogens with zero attached hydrogens (tertiary/aromatic N) is 3. The number of anilines is 3. The molecule has 0 aliphatic heterocycles. The van der Waals surface area contributed by atoms with Gasteiger partial charge in [-0.25, -0.2) is 4.39 Å². The molecule has 0 saturated carbocycles. The normalized spacial score (nSPS) is 10.6. The quantitative estimate of drug-likeness (QED) is 0.572. The van der Waals surface area contributed by atoms with Crippen LogP contribution in [0, 0.1) is 5.82 Å². The molecule has 0 radical (unpaired) electrons. The summed E-state index contributed by atoms with van der Waals surface area (Å²) in [6.07, 6.45) is 1.72. The van der Waals surface area contributed by atoms with E-state index in [9.17, 15) is 9.18 Å². The molecule has 4 aromatic rings. The molecule has 2 aromatic heterocycles. The first-order chi connectivity index (χ1) is 13.2. The monoisotopic (exact) mass is 359 g/mol. The second kappa shape index (κ2) is 7.17. The Bertz CT molecular complexity index is 1110. The topological polar surface area (TPSA) is 79.8 Å². The Hall–Kier alpha value is -3.87. The molecule has 1 amide bonds. The van der Waals surface area contributed by atoms with E-state index < -0.39 is 11.7 Å². The fourth-order valence-electron chi connectivity index (χ4n) is 2.64. The minimum atomic E-state index is -0.593. The summed E-state index contributed by atoms with van der Waals surface area (Å²) in [5, 5.41) is 14.7. The molecule has 2 heterocycles. The predicted octanol–water partition coefficient (Wildman–Crippen LogP) is 4.16. The van der Waals surface area contributed by atoms with E-state index >= 15 is 0 Å². The van der Waals surface area contributed by atoms with Gasteiger partial charge in [-0.1, -0.05) is 30.3 Å². The van der Waals surface area contributed by atoms with E-state index in [0.29, 0.717) is 5.82 Å². The van der Waals surface area contributed by atoms with Crippen LogP contribution in [0.5, 0.6) is 0 Å². The third-order valence-electron chi connectivity index (χ3n) is 3.92. The van der Waals surface area contributed by atoms with Crippen molar-refractivity contribution >= 4 is 34.1 Å². The lowest BCUT2D eigenvalue weighted by Crippen LogP contribution is -2.15. The zero-order valence-electron chi connectivity index (χ0n) is 14.1. The van der Waals surface area contributed by atoms with Gasteiger partial charge in [0.1, 0.15) is 5.82 Å². The average molecular weight is 359 g/mol. The van der Waals surface area contributed by atoms with Crippen molar-refractivity contribution < 1.29 is 9.18 Å². The highest BCUT2D eigenvalue weighted by atomic mass is 19.1. The maximum absolute atomic E-state index is 13.7. The van der Waals surface area contributed by atoms with Gasteiger partial charge < -0.3 is 10.6 Å². The van der Waals surface area contributed by atoms with E-state index in [-0.39, 0.29) is 11.4 Å². The number of amides is 1. The highest BCUT2D eigenvalue weighted by Gasteiger charge is 2.12. The predicted molar refractivity (Wildman–Crippen MR) is 101 cm³/mol. The lowest BCUT2D eigenvalue weighted by Gasteiger charge is -2.09. The van der Waals surface area contributed by atoms with Gasteiger partial charge in [0.05, 0.1) is 16.8 Å². The number of carbonyl (C=O) groups is 1. The Morgan fingerprint density at radius 1 is 0.852 bits per heavy atom. The van der Waals surface area contributed by atoms with Crippen molar-refractivity contribution in [3.8, 4) is 0 Å². The first-order valence-corrected chi connectivity index (χ1v) is 8.21. The van der Waals surface area contributed by atoms with Crippen LogP contribution >= 0.6 is 0 Å². The van der Waals surface area contributed by atoms with Crippen molar-refractivity contribution in [3.05, 3.63) is 84.3 Å². The Morgan fingerprint density at radius 2 is 1.63 bits per heavy atom. The van der Waals surface area contributed by atoms with Gasteiger partial charge in [0, 0.05) is 11.6 Å². The molecule has 7 heteroatoms. The van der Waals surface area contributed by atoms with Crippen LogP contribution in [0.15, 0.2) is 72.9 Å². The molecule has 132 valence electrons. The van der Waals surface area contributed by atoms with Crippen molar-refractivity contribution in [1.82, 2.24) is 15.2 Å². The zero-order chi connectivity index (χ0) is 18.6. The van der Waals surface area contributed by atoms with Gasteiger partial charge >= 0.3 is 0 Å². The largest absolute Gasteiger partial charge is 0.337 e. The molecular formula is C20H14FN5O. The highest BCUT2D eigenvalue weighted by Crippen LogP contribution is 2.23. The molecule has 6 nitrogen and oxygen atoms in total. The van der Waals surface area contributed by atoms with Crippen LogP contribution in [-0.4, -0.2) is 21.1 Å². The zero-order valence-corrected chi connectivity index (χ0v) is 14.1. The molecule has 4 rings (SSSR count). The number of halogens is 1. The van der Waals surface area contributed by atoms with E-state index in [1.807, 2.05) is 30.3 Å². The van der Waals surface area contributed by atoms with Gasteiger partial charge in [0.2, 0.25) is 0 Å². The summed E-state index contributed by atoms with van der Waals surface area (Å²) in [5.74, 6) is -0.451. The minimum Gasteiger partial charge on any atom is -0.337 e. The number of aromatic nitrogens is 3. The van der Waals surface area contributed by atoms with Gasteiger partial charge in [-0.3, -0.25) is 9.78 Å². The van der Waals surface area contributed by atoms with E-state index in [0.717, 1.165) is 16.6 Å². The SMILES string of the molecule is O=C(Nc1ccc(Nc2cccc3cccnc23)nn1)c1ccccc1F. The summed E-state index contributed by atoms with van der Waals surface area (Å²) in [6, 6.07) is 18.6. The van der Waals surface area contributed by atoms with Crippen LogP contribution in [0.2, 0.25) is 0 Å². The highest BCUT2D eigenvalue weighted by molar-refractivity contribution is 6.03. The van der Waals surface area contributed by atoms with Crippen molar-refractivity contribution in [2.45, 2.75) is 0 Å². The fraction of sp³-hybridized carbons (Fsp3) is 0. The molecule has 2 aromatic carbocycles. The van der Waals surface area contributed by atoms with Gasteiger partial charge in [-0.15, -0.1) is 10.2 Å². The lowest BCUT2D eigenvalue weighted by molar-refractivity contribution is 0.102. The first-order valence-electron chi connectivity index (χ1n) is 8.21. The number of benzene rings is 2. The second-order valence-electron chi connectivity index (χ2n) is 5.74. The van der Waals surface area contributed by atoms with Crippen LogP contribution in [0.25, 0.3) is 10.9 Å². The van der Waals surface area contributed by atoms with E-state index in [2.05, 4.69) is 25.8 Å². The van der Waals surface area contributed by atoms with Gasteiger partial charge in [-0.2, -0.15) is 0 Å². The van der Waals surface area contributed by atoms with E-state index in [1.165, 1.54) is 18.2 Å². The number of para-hydroxylation sites is 1. The molecule has 27 heavy (non-hydrogen) atoms. The van der Waals surface area contributed by atoms with Crippen molar-refractivity contribution in [3.63, 3.8) is 0 Å². The molecule has 0 unspecified atom stereocenters. The van der Waals surface area contributed by atoms with Gasteiger partial charge in [-0.05, 0) is 36.4 Å². The molecule has 0 aliphatic carbocycles. The lowest BCUT2D eigenvalue weighted by atomic mass is 10.2. The molecular weight excluding hydrogens is 345 g/mol. The number of carbonyl (C=O) groups excluding carboxylic acids is 1. The summed E-state index contributed by atoms with van der Waals surface area (Å²) in [5.41, 5.74) is 1.56. The smallest absolute Gasteiger partial charge is 0.259 e. The standard InChI is InChI=1S/C20H14FN5O/c21-15-8-2-1-7-14(15)20(27)24-18-11-10-17(25-26-18)23-16-9-3-5-13-6-4-12-22-19(13)16/h1-12H,(H,23,25)(H,24,26,27). The van der Waals surface area contributed by atoms with Crippen molar-refractivity contribution in [2.75, 3.05) is 10.6 Å². The number of hydrogen-bond acceptors (Lipinski definition) is 5. The third-order valence-corrected chi connectivity index (χ3v) is 3.92. The van der Waals surface area contributed by atoms with Gasteiger partial charge in [0.25, 0.3) is 5.91 Å². The molecule has 2 N–H and O–H groups in total. The maximum atomic E-state index is 13.7. The summed E-state index contributed by atoms with van der Waals surface area (Å²) >= 11 is 0. The van der Waals surface area contributed by atoms with Crippen molar-refractivity contribution in [1.29, 1.82) is 0 Å². The van der Waals surface area contributed by atoms with Crippen LogP contribution in [0.4, 0.5) is 21.7 Å². The molecule has 0 saturated heterocycles. The number of fused-ring (bicyclic) bond motifs is 1. The molecule has 0 fully saturated rings. The van der Waals surface area contributed by atoms with Crippen LogP contribution in [0.1, 0.15) is 10.4 Å². The number of nitrogens with one attached hydrogen (secondary N) is 2. The van der Waals surface area contributed by atoms with E-state index in [1.54, 1.807) is 24.4 Å². The van der Waals surface area contributed by atoms with Crippen molar-refractivity contribution in [2.24, 2.45) is 0 Å². The summed E-state index contributed by atoms with van der Waals surface area (Å²) in [7, 11) is 0. The molecule has 0 atom stereocenters. The number of pyridine rings is 1. The molecule has 0 bridgehead atoms. The summed E-state index contributed by atoms with van der Waals surface area (Å²) < 4.78 is 13.7.